The second kappa shape index (κ2) is 3.70. The van der Waals surface area contributed by atoms with E-state index in [9.17, 15) is 4.79 Å². The second-order valence-corrected chi connectivity index (χ2v) is 4.87. The molecule has 0 aromatic heterocycles. The molecule has 2 heteroatoms. The number of allylic oxidation sites excluding steroid dienone is 2. The Kier molecular flexibility index (Phi) is 2.32. The molecule has 0 aromatic carbocycles. The summed E-state index contributed by atoms with van der Waals surface area (Å²) in [7, 11) is 0. The molecule has 16 heavy (non-hydrogen) atoms. The Morgan fingerprint density at radius 2 is 2.25 bits per heavy atom. The maximum atomic E-state index is 11.1. The van der Waals surface area contributed by atoms with E-state index >= 15 is 0 Å². The van der Waals surface area contributed by atoms with Crippen molar-refractivity contribution in [3.8, 4) is 0 Å². The summed E-state index contributed by atoms with van der Waals surface area (Å²) in [5.74, 6) is 0. The molecular weight excluding hydrogens is 198 g/mol. The van der Waals surface area contributed by atoms with Crippen molar-refractivity contribution < 1.29 is 4.79 Å². The van der Waals surface area contributed by atoms with Crippen LogP contribution in [0.25, 0.3) is 0 Å². The van der Waals surface area contributed by atoms with E-state index in [1.165, 1.54) is 31.4 Å². The first-order chi connectivity index (χ1) is 7.87. The first-order valence-corrected chi connectivity index (χ1v) is 6.17. The highest BCUT2D eigenvalue weighted by molar-refractivity contribution is 5.83. The van der Waals surface area contributed by atoms with Gasteiger partial charge in [-0.25, -0.2) is 0 Å². The van der Waals surface area contributed by atoms with Crippen molar-refractivity contribution in [2.24, 2.45) is 0 Å². The van der Waals surface area contributed by atoms with Gasteiger partial charge in [0.1, 0.15) is 6.29 Å². The topological polar surface area (TPSA) is 20.3 Å². The highest BCUT2D eigenvalue weighted by Gasteiger charge is 2.43. The van der Waals surface area contributed by atoms with E-state index in [1.54, 1.807) is 0 Å². The summed E-state index contributed by atoms with van der Waals surface area (Å²) in [4.78, 5) is 13.7. The van der Waals surface area contributed by atoms with E-state index in [1.807, 2.05) is 6.08 Å². The van der Waals surface area contributed by atoms with Crippen LogP contribution in [0.3, 0.4) is 0 Å². The van der Waals surface area contributed by atoms with Gasteiger partial charge in [-0.2, -0.15) is 0 Å². The van der Waals surface area contributed by atoms with E-state index in [0.717, 1.165) is 24.8 Å². The quantitative estimate of drug-likeness (QED) is 0.625. The van der Waals surface area contributed by atoms with Crippen LogP contribution in [0.5, 0.6) is 0 Å². The molecule has 0 bridgehead atoms. The first-order valence-electron chi connectivity index (χ1n) is 6.17. The van der Waals surface area contributed by atoms with Crippen molar-refractivity contribution in [1.29, 1.82) is 0 Å². The number of piperidine rings is 1. The number of aldehydes is 1. The molecule has 3 aliphatic rings. The van der Waals surface area contributed by atoms with Crippen molar-refractivity contribution in [3.05, 3.63) is 35.5 Å². The van der Waals surface area contributed by atoms with Crippen LogP contribution in [-0.2, 0) is 4.79 Å². The summed E-state index contributed by atoms with van der Waals surface area (Å²) in [6.45, 7) is 2.31. The van der Waals surface area contributed by atoms with Crippen LogP contribution in [0, 0.1) is 0 Å². The highest BCUT2D eigenvalue weighted by Crippen LogP contribution is 2.43. The molecule has 0 N–H and O–H groups in total. The third-order valence-electron chi connectivity index (χ3n) is 4.10. The first kappa shape index (κ1) is 10.0. The fourth-order valence-electron chi connectivity index (χ4n) is 3.36. The van der Waals surface area contributed by atoms with Gasteiger partial charge in [-0.05, 0) is 37.8 Å². The summed E-state index contributed by atoms with van der Waals surface area (Å²) in [6.07, 6.45) is 14.4. The molecule has 0 saturated carbocycles. The highest BCUT2D eigenvalue weighted by atomic mass is 16.1. The van der Waals surface area contributed by atoms with Crippen molar-refractivity contribution >= 4 is 6.29 Å². The lowest BCUT2D eigenvalue weighted by molar-refractivity contribution is -0.104. The average Bonchev–Trinajstić information content (AvgIpc) is 2.35. The van der Waals surface area contributed by atoms with E-state index in [0.29, 0.717) is 0 Å². The smallest absolute Gasteiger partial charge is 0.150 e. The molecule has 3 rings (SSSR count). The van der Waals surface area contributed by atoms with E-state index in [-0.39, 0.29) is 5.54 Å². The minimum Gasteiger partial charge on any atom is -0.298 e. The van der Waals surface area contributed by atoms with Crippen molar-refractivity contribution in [1.82, 2.24) is 4.90 Å². The molecule has 1 aliphatic carbocycles. The summed E-state index contributed by atoms with van der Waals surface area (Å²) < 4.78 is 0. The molecule has 2 heterocycles. The molecule has 1 fully saturated rings. The van der Waals surface area contributed by atoms with E-state index in [2.05, 4.69) is 23.1 Å². The van der Waals surface area contributed by atoms with Crippen LogP contribution in [0.1, 0.15) is 25.7 Å². The Morgan fingerprint density at radius 1 is 1.31 bits per heavy atom. The normalized spacial score (nSPS) is 33.5. The molecule has 0 radical (unpaired) electrons. The van der Waals surface area contributed by atoms with Crippen molar-refractivity contribution in [3.63, 3.8) is 0 Å². The Bertz CT molecular complexity index is 405. The predicted molar refractivity (Wildman–Crippen MR) is 64.1 cm³/mol. The molecule has 2 nitrogen and oxygen atoms in total. The largest absolute Gasteiger partial charge is 0.298 e. The van der Waals surface area contributed by atoms with Crippen LogP contribution in [-0.4, -0.2) is 29.8 Å². The van der Waals surface area contributed by atoms with Gasteiger partial charge in [-0.1, -0.05) is 24.3 Å². The molecule has 1 unspecified atom stereocenters. The standard InChI is InChI=1S/C14H17NO/c16-11-12-5-3-8-14-7-1-2-9-15(14)10-4-6-13(12)14/h3,5-6,8,11H,1-2,4,7,9-10H2. The number of hydrogen-bond acceptors (Lipinski definition) is 2. The maximum Gasteiger partial charge on any atom is 0.150 e. The Morgan fingerprint density at radius 3 is 3.12 bits per heavy atom. The zero-order valence-electron chi connectivity index (χ0n) is 9.48. The van der Waals surface area contributed by atoms with Gasteiger partial charge in [0, 0.05) is 12.1 Å². The number of hydrogen-bond donors (Lipinski definition) is 0. The fourth-order valence-corrected chi connectivity index (χ4v) is 3.36. The number of rotatable bonds is 1. The summed E-state index contributed by atoms with van der Waals surface area (Å²) >= 11 is 0. The Balaban J connectivity index is 2.08. The fraction of sp³-hybridized carbons (Fsp3) is 0.500. The van der Waals surface area contributed by atoms with E-state index in [4.69, 9.17) is 0 Å². The number of carbonyl (C=O) groups is 1. The van der Waals surface area contributed by atoms with Crippen LogP contribution in [0.15, 0.2) is 35.5 Å². The number of nitrogens with zero attached hydrogens (tertiary/aromatic N) is 1. The molecule has 1 spiro atoms. The Hall–Kier alpha value is -1.15. The van der Waals surface area contributed by atoms with Crippen LogP contribution < -0.4 is 0 Å². The lowest BCUT2D eigenvalue weighted by Gasteiger charge is -2.50. The van der Waals surface area contributed by atoms with E-state index < -0.39 is 0 Å². The summed E-state index contributed by atoms with van der Waals surface area (Å²) in [5, 5.41) is 0. The van der Waals surface area contributed by atoms with Crippen molar-refractivity contribution in [2.45, 2.75) is 31.2 Å². The van der Waals surface area contributed by atoms with Gasteiger partial charge in [0.15, 0.2) is 0 Å². The molecule has 1 saturated heterocycles. The van der Waals surface area contributed by atoms with Gasteiger partial charge >= 0.3 is 0 Å². The summed E-state index contributed by atoms with van der Waals surface area (Å²) in [6, 6.07) is 0. The monoisotopic (exact) mass is 215 g/mol. The third-order valence-corrected chi connectivity index (χ3v) is 4.10. The minimum absolute atomic E-state index is 0.0570. The predicted octanol–water partition coefficient (Wildman–Crippen LogP) is 2.24. The van der Waals surface area contributed by atoms with Crippen LogP contribution in [0.2, 0.25) is 0 Å². The average molecular weight is 215 g/mol. The molecular formula is C14H17NO. The Labute approximate surface area is 96.3 Å². The van der Waals surface area contributed by atoms with Crippen LogP contribution in [0.4, 0.5) is 0 Å². The SMILES string of the molecule is O=CC1=CC=CC23CCCCN2CCC=C13. The molecule has 2 aliphatic heterocycles. The minimum atomic E-state index is 0.0570. The second-order valence-electron chi connectivity index (χ2n) is 4.87. The third kappa shape index (κ3) is 1.26. The van der Waals surface area contributed by atoms with Gasteiger partial charge in [0.2, 0.25) is 0 Å². The van der Waals surface area contributed by atoms with Gasteiger partial charge in [0.05, 0.1) is 5.54 Å². The lowest BCUT2D eigenvalue weighted by atomic mass is 9.72. The van der Waals surface area contributed by atoms with Gasteiger partial charge in [-0.3, -0.25) is 9.69 Å². The lowest BCUT2D eigenvalue weighted by Crippen LogP contribution is -2.54. The summed E-state index contributed by atoms with van der Waals surface area (Å²) in [5.41, 5.74) is 2.20. The maximum absolute atomic E-state index is 11.1. The molecule has 0 amide bonds. The zero-order valence-corrected chi connectivity index (χ0v) is 9.48. The van der Waals surface area contributed by atoms with Gasteiger partial charge < -0.3 is 0 Å². The van der Waals surface area contributed by atoms with Gasteiger partial charge in [0.25, 0.3) is 0 Å². The van der Waals surface area contributed by atoms with Gasteiger partial charge in [-0.15, -0.1) is 0 Å². The molecule has 0 aromatic rings. The molecule has 84 valence electrons. The molecule has 1 atom stereocenters. The van der Waals surface area contributed by atoms with Crippen LogP contribution >= 0.6 is 0 Å². The zero-order chi connectivity index (χ0) is 11.0. The van der Waals surface area contributed by atoms with Crippen molar-refractivity contribution in [2.75, 3.05) is 13.1 Å². The number of carbonyl (C=O) groups excluding carboxylic acids is 1.